The monoisotopic (exact) mass is 409 g/mol. The van der Waals surface area contributed by atoms with Crippen molar-refractivity contribution in [3.05, 3.63) is 64.5 Å². The lowest BCUT2D eigenvalue weighted by Gasteiger charge is -2.28. The Bertz CT molecular complexity index is 959. The molecule has 4 nitrogen and oxygen atoms in total. The second-order valence-electron chi connectivity index (χ2n) is 7.54. The van der Waals surface area contributed by atoms with E-state index in [9.17, 15) is 4.79 Å². The Balaban J connectivity index is 1.86. The Labute approximate surface area is 161 Å². The molecule has 0 amide bonds. The maximum atomic E-state index is 12.9. The van der Waals surface area contributed by atoms with E-state index in [1.807, 2.05) is 36.4 Å². The van der Waals surface area contributed by atoms with Crippen LogP contribution in [0.25, 0.3) is 11.3 Å². The van der Waals surface area contributed by atoms with Crippen molar-refractivity contribution in [1.29, 1.82) is 0 Å². The van der Waals surface area contributed by atoms with Crippen molar-refractivity contribution < 1.29 is 4.79 Å². The van der Waals surface area contributed by atoms with Crippen molar-refractivity contribution in [2.24, 2.45) is 5.41 Å². The van der Waals surface area contributed by atoms with Gasteiger partial charge in [-0.2, -0.15) is 0 Å². The number of pyridine rings is 1. The Morgan fingerprint density at radius 3 is 2.46 bits per heavy atom. The first kappa shape index (κ1) is 17.0. The lowest BCUT2D eigenvalue weighted by molar-refractivity contribution is 0.0912. The fourth-order valence-corrected chi connectivity index (χ4v) is 3.86. The summed E-state index contributed by atoms with van der Waals surface area (Å²) in [5, 5.41) is 3.47. The molecule has 4 rings (SSSR count). The van der Waals surface area contributed by atoms with Crippen molar-refractivity contribution in [2.75, 3.05) is 5.32 Å². The third-order valence-corrected chi connectivity index (χ3v) is 5.26. The summed E-state index contributed by atoms with van der Waals surface area (Å²) in [5.41, 5.74) is 5.53. The Morgan fingerprint density at radius 2 is 1.77 bits per heavy atom. The number of hydrogen-bond donors (Lipinski definition) is 2. The molecule has 132 valence electrons. The van der Waals surface area contributed by atoms with Crippen molar-refractivity contribution in [1.82, 2.24) is 9.97 Å². The topological polar surface area (TPSA) is 57.8 Å². The predicted molar refractivity (Wildman–Crippen MR) is 108 cm³/mol. The molecule has 1 aliphatic carbocycles. The maximum Gasteiger partial charge on any atom is 0.167 e. The number of nitrogens with zero attached hydrogens (tertiary/aromatic N) is 1. The fourth-order valence-electron chi connectivity index (χ4n) is 3.59. The number of hydrogen-bond acceptors (Lipinski definition) is 3. The van der Waals surface area contributed by atoms with E-state index in [2.05, 4.69) is 45.1 Å². The number of halogens is 1. The average Bonchev–Trinajstić information content (AvgIpc) is 2.95. The summed E-state index contributed by atoms with van der Waals surface area (Å²) in [4.78, 5) is 20.6. The molecule has 3 aromatic rings. The van der Waals surface area contributed by atoms with Crippen LogP contribution in [-0.2, 0) is 6.42 Å². The number of aromatic amines is 1. The highest BCUT2D eigenvalue weighted by Crippen LogP contribution is 2.43. The third kappa shape index (κ3) is 3.19. The first-order chi connectivity index (χ1) is 12.4. The molecule has 0 radical (unpaired) electrons. The van der Waals surface area contributed by atoms with Crippen LogP contribution in [0.15, 0.2) is 53.3 Å². The summed E-state index contributed by atoms with van der Waals surface area (Å²) >= 11 is 3.46. The molecular weight excluding hydrogens is 390 g/mol. The van der Waals surface area contributed by atoms with E-state index in [0.29, 0.717) is 6.42 Å². The molecular formula is C21H20BrN3O. The number of rotatable bonds is 3. The number of carbonyl (C=O) groups is 1. The van der Waals surface area contributed by atoms with Gasteiger partial charge in [-0.05, 0) is 48.2 Å². The number of fused-ring (bicyclic) bond motifs is 1. The first-order valence-corrected chi connectivity index (χ1v) is 9.43. The van der Waals surface area contributed by atoms with Gasteiger partial charge in [0.15, 0.2) is 5.78 Å². The van der Waals surface area contributed by atoms with Crippen LogP contribution in [0.4, 0.5) is 11.4 Å². The van der Waals surface area contributed by atoms with Gasteiger partial charge in [0, 0.05) is 40.2 Å². The molecule has 0 fully saturated rings. The second kappa shape index (κ2) is 6.40. The summed E-state index contributed by atoms with van der Waals surface area (Å²) in [6, 6.07) is 11.9. The Hall–Kier alpha value is -2.40. The van der Waals surface area contributed by atoms with E-state index < -0.39 is 0 Å². The predicted octanol–water partition coefficient (Wildman–Crippen LogP) is 5.74. The molecule has 1 aliphatic rings. The molecule has 1 aromatic carbocycles. The Morgan fingerprint density at radius 1 is 1.08 bits per heavy atom. The van der Waals surface area contributed by atoms with Crippen LogP contribution in [0, 0.1) is 5.41 Å². The van der Waals surface area contributed by atoms with Crippen molar-refractivity contribution in [3.63, 3.8) is 0 Å². The molecule has 5 heteroatoms. The number of ketones is 1. The van der Waals surface area contributed by atoms with Gasteiger partial charge >= 0.3 is 0 Å². The van der Waals surface area contributed by atoms with E-state index in [0.717, 1.165) is 44.8 Å². The molecule has 0 saturated heterocycles. The van der Waals surface area contributed by atoms with Gasteiger partial charge in [0.05, 0.1) is 16.9 Å². The summed E-state index contributed by atoms with van der Waals surface area (Å²) in [6.45, 7) is 4.28. The average molecular weight is 410 g/mol. The second-order valence-corrected chi connectivity index (χ2v) is 8.45. The van der Waals surface area contributed by atoms with Gasteiger partial charge in [-0.15, -0.1) is 0 Å². The van der Waals surface area contributed by atoms with Crippen LogP contribution in [-0.4, -0.2) is 15.8 Å². The van der Waals surface area contributed by atoms with Gasteiger partial charge in [-0.25, -0.2) is 0 Å². The molecule has 0 saturated carbocycles. The molecule has 26 heavy (non-hydrogen) atoms. The molecule has 2 aromatic heterocycles. The number of benzene rings is 1. The molecule has 0 unspecified atom stereocenters. The van der Waals surface area contributed by atoms with E-state index in [-0.39, 0.29) is 11.2 Å². The van der Waals surface area contributed by atoms with Crippen molar-refractivity contribution in [3.8, 4) is 11.3 Å². The highest BCUT2D eigenvalue weighted by molar-refractivity contribution is 9.10. The summed E-state index contributed by atoms with van der Waals surface area (Å²) in [6.07, 6.45) is 4.95. The van der Waals surface area contributed by atoms with Gasteiger partial charge in [0.1, 0.15) is 0 Å². The van der Waals surface area contributed by atoms with Crippen LogP contribution < -0.4 is 5.32 Å². The highest BCUT2D eigenvalue weighted by atomic mass is 79.9. The summed E-state index contributed by atoms with van der Waals surface area (Å²) < 4.78 is 1.02. The van der Waals surface area contributed by atoms with Gasteiger partial charge in [-0.1, -0.05) is 29.8 Å². The normalized spacial score (nSPS) is 15.6. The minimum Gasteiger partial charge on any atom is -0.356 e. The van der Waals surface area contributed by atoms with Crippen LogP contribution in [0.3, 0.4) is 0 Å². The van der Waals surface area contributed by atoms with Crippen molar-refractivity contribution >= 4 is 33.1 Å². The van der Waals surface area contributed by atoms with Gasteiger partial charge in [0.25, 0.3) is 0 Å². The number of H-pyrrole nitrogens is 1. The smallest absolute Gasteiger partial charge is 0.167 e. The number of aromatic nitrogens is 2. The number of nitrogens with one attached hydrogen (secondary N) is 2. The van der Waals surface area contributed by atoms with E-state index in [1.165, 1.54) is 0 Å². The zero-order valence-electron chi connectivity index (χ0n) is 14.8. The molecule has 0 bridgehead atoms. The standard InChI is InChI=1S/C21H20BrN3O/c1-21(2)11-16-18(17(26)12-21)20(24-15-5-3-14(22)4-6-15)19(25-16)13-7-9-23-10-8-13/h3-10,24-25H,11-12H2,1-2H3. The number of Topliss-reactive ketones (excluding diaryl/α,β-unsaturated/α-hetero) is 1. The van der Waals surface area contributed by atoms with E-state index >= 15 is 0 Å². The zero-order chi connectivity index (χ0) is 18.3. The molecule has 0 spiro atoms. The van der Waals surface area contributed by atoms with Gasteiger partial charge in [0.2, 0.25) is 0 Å². The zero-order valence-corrected chi connectivity index (χ0v) is 16.4. The third-order valence-electron chi connectivity index (χ3n) is 4.73. The highest BCUT2D eigenvalue weighted by Gasteiger charge is 2.35. The fraction of sp³-hybridized carbons (Fsp3) is 0.238. The molecule has 2 N–H and O–H groups in total. The quantitative estimate of drug-likeness (QED) is 0.579. The summed E-state index contributed by atoms with van der Waals surface area (Å²) in [7, 11) is 0. The van der Waals surface area contributed by atoms with E-state index in [4.69, 9.17) is 0 Å². The lowest BCUT2D eigenvalue weighted by Crippen LogP contribution is -2.26. The minimum atomic E-state index is -0.0284. The van der Waals surface area contributed by atoms with E-state index in [1.54, 1.807) is 12.4 Å². The molecule has 2 heterocycles. The maximum absolute atomic E-state index is 12.9. The first-order valence-electron chi connectivity index (χ1n) is 8.64. The number of anilines is 2. The molecule has 0 atom stereocenters. The largest absolute Gasteiger partial charge is 0.356 e. The van der Waals surface area contributed by atoms with Crippen molar-refractivity contribution in [2.45, 2.75) is 26.7 Å². The van der Waals surface area contributed by atoms with Gasteiger partial charge in [-0.3, -0.25) is 9.78 Å². The molecule has 0 aliphatic heterocycles. The number of carbonyl (C=O) groups excluding carboxylic acids is 1. The van der Waals surface area contributed by atoms with Crippen LogP contribution in [0.5, 0.6) is 0 Å². The Kier molecular flexibility index (Phi) is 4.19. The van der Waals surface area contributed by atoms with Crippen LogP contribution in [0.2, 0.25) is 0 Å². The lowest BCUT2D eigenvalue weighted by atomic mass is 9.76. The minimum absolute atomic E-state index is 0.0284. The van der Waals surface area contributed by atoms with Gasteiger partial charge < -0.3 is 10.3 Å². The summed E-state index contributed by atoms with van der Waals surface area (Å²) in [5.74, 6) is 0.187. The SMILES string of the molecule is CC1(C)CC(=O)c2c([nH]c(-c3ccncc3)c2Nc2ccc(Br)cc2)C1. The van der Waals surface area contributed by atoms with Crippen LogP contribution >= 0.6 is 15.9 Å². The van der Waals surface area contributed by atoms with Crippen LogP contribution in [0.1, 0.15) is 36.3 Å².